The number of nitrogens with zero attached hydrogens (tertiary/aromatic N) is 3. The van der Waals surface area contributed by atoms with E-state index < -0.39 is 6.61 Å². The molecule has 2 aromatic carbocycles. The number of allylic oxidation sites excluding steroid dienone is 1. The highest BCUT2D eigenvalue weighted by molar-refractivity contribution is 5.77. The van der Waals surface area contributed by atoms with Gasteiger partial charge in [0.1, 0.15) is 18.1 Å². The number of ether oxygens (including phenoxy) is 1. The van der Waals surface area contributed by atoms with Crippen LogP contribution >= 0.6 is 0 Å². The molecular weight excluding hydrogens is 338 g/mol. The summed E-state index contributed by atoms with van der Waals surface area (Å²) in [5.74, 6) is 0.750. The number of benzene rings is 2. The summed E-state index contributed by atoms with van der Waals surface area (Å²) in [4.78, 5) is 4.26. The first-order valence-electron chi connectivity index (χ1n) is 8.10. The number of alkyl halides is 2. The van der Waals surface area contributed by atoms with Gasteiger partial charge in [0.25, 0.3) is 0 Å². The Kier molecular flexibility index (Phi) is 4.12. The lowest BCUT2D eigenvalue weighted by Gasteiger charge is -2.24. The molecule has 1 aliphatic rings. The van der Waals surface area contributed by atoms with Crippen molar-refractivity contribution in [2.75, 3.05) is 5.32 Å². The Morgan fingerprint density at radius 1 is 1.08 bits per heavy atom. The van der Waals surface area contributed by atoms with Crippen LogP contribution in [0, 0.1) is 6.92 Å². The molecule has 1 aliphatic heterocycles. The molecule has 3 aromatic rings. The van der Waals surface area contributed by atoms with E-state index in [2.05, 4.69) is 20.1 Å². The number of aryl methyl sites for hydroxylation is 1. The molecule has 2 heterocycles. The van der Waals surface area contributed by atoms with Gasteiger partial charge in [0.2, 0.25) is 5.95 Å². The third kappa shape index (κ3) is 3.15. The summed E-state index contributed by atoms with van der Waals surface area (Å²) in [5.41, 5.74) is 4.03. The van der Waals surface area contributed by atoms with Gasteiger partial charge in [0.05, 0.1) is 0 Å². The Morgan fingerprint density at radius 2 is 1.81 bits per heavy atom. The second-order valence-corrected chi connectivity index (χ2v) is 5.99. The molecule has 4 rings (SSSR count). The maximum absolute atomic E-state index is 12.3. The largest absolute Gasteiger partial charge is 0.435 e. The van der Waals surface area contributed by atoms with Gasteiger partial charge in [0, 0.05) is 5.70 Å². The Balaban J connectivity index is 1.70. The summed E-state index contributed by atoms with van der Waals surface area (Å²) < 4.78 is 30.8. The molecule has 0 bridgehead atoms. The number of aromatic nitrogens is 3. The van der Waals surface area contributed by atoms with Crippen molar-refractivity contribution in [1.29, 1.82) is 0 Å². The van der Waals surface area contributed by atoms with Gasteiger partial charge in [-0.15, -0.1) is 0 Å². The standard InChI is InChI=1S/C19H16F2N4O/c1-12-2-4-13(5-3-12)16-10-17(25-19(24-16)22-11-23-25)14-6-8-15(9-7-14)26-18(20)21/h2-11,17-18H,1H3,(H,22,23,24)/t17-/m1/s1. The van der Waals surface area contributed by atoms with Crippen LogP contribution in [0.3, 0.4) is 0 Å². The Bertz CT molecular complexity index is 933. The van der Waals surface area contributed by atoms with Crippen molar-refractivity contribution in [1.82, 2.24) is 14.8 Å². The molecule has 0 spiro atoms. The molecule has 0 radical (unpaired) electrons. The van der Waals surface area contributed by atoms with Gasteiger partial charge >= 0.3 is 6.61 Å². The lowest BCUT2D eigenvalue weighted by atomic mass is 10.0. The van der Waals surface area contributed by atoms with Crippen molar-refractivity contribution in [3.8, 4) is 5.75 Å². The highest BCUT2D eigenvalue weighted by Gasteiger charge is 2.23. The van der Waals surface area contributed by atoms with Crippen LogP contribution in [0.4, 0.5) is 14.7 Å². The third-order valence-corrected chi connectivity index (χ3v) is 4.22. The van der Waals surface area contributed by atoms with Gasteiger partial charge in [-0.1, -0.05) is 42.0 Å². The molecule has 0 saturated carbocycles. The van der Waals surface area contributed by atoms with E-state index in [1.807, 2.05) is 37.3 Å². The Morgan fingerprint density at radius 3 is 2.50 bits per heavy atom. The number of nitrogens with one attached hydrogen (secondary N) is 1. The molecule has 0 aliphatic carbocycles. The Hall–Kier alpha value is -3.22. The first-order chi connectivity index (χ1) is 12.6. The van der Waals surface area contributed by atoms with E-state index in [0.717, 1.165) is 16.8 Å². The summed E-state index contributed by atoms with van der Waals surface area (Å²) in [7, 11) is 0. The van der Waals surface area contributed by atoms with Crippen molar-refractivity contribution in [3.05, 3.63) is 77.6 Å². The fraction of sp³-hybridized carbons (Fsp3) is 0.158. The van der Waals surface area contributed by atoms with E-state index >= 15 is 0 Å². The van der Waals surface area contributed by atoms with Gasteiger partial charge in [-0.25, -0.2) is 4.68 Å². The quantitative estimate of drug-likeness (QED) is 0.761. The number of fused-ring (bicyclic) bond motifs is 1. The summed E-state index contributed by atoms with van der Waals surface area (Å²) >= 11 is 0. The smallest absolute Gasteiger partial charge is 0.387 e. The van der Waals surface area contributed by atoms with Crippen LogP contribution in [-0.4, -0.2) is 21.4 Å². The number of halogens is 2. The van der Waals surface area contributed by atoms with Crippen LogP contribution in [0.2, 0.25) is 0 Å². The van der Waals surface area contributed by atoms with Crippen LogP contribution in [0.5, 0.6) is 5.75 Å². The SMILES string of the molecule is Cc1ccc(C2=C[C@H](c3ccc(OC(F)F)cc3)n3ncnc3N2)cc1. The predicted octanol–water partition coefficient (Wildman–Crippen LogP) is 4.24. The van der Waals surface area contributed by atoms with Crippen molar-refractivity contribution >= 4 is 11.6 Å². The molecular formula is C19H16F2N4O. The summed E-state index contributed by atoms with van der Waals surface area (Å²) in [5, 5.41) is 7.55. The Labute approximate surface area is 148 Å². The molecule has 1 atom stereocenters. The number of hydrogen-bond donors (Lipinski definition) is 1. The van der Waals surface area contributed by atoms with Gasteiger partial charge in [-0.3, -0.25) is 0 Å². The number of hydrogen-bond acceptors (Lipinski definition) is 4. The maximum Gasteiger partial charge on any atom is 0.387 e. The first kappa shape index (κ1) is 16.3. The van der Waals surface area contributed by atoms with Crippen LogP contribution in [0.1, 0.15) is 22.7 Å². The van der Waals surface area contributed by atoms with Crippen LogP contribution in [0.15, 0.2) is 60.9 Å². The van der Waals surface area contributed by atoms with E-state index in [1.54, 1.807) is 16.8 Å². The van der Waals surface area contributed by atoms with E-state index in [1.165, 1.54) is 24.0 Å². The van der Waals surface area contributed by atoms with E-state index in [-0.39, 0.29) is 11.8 Å². The van der Waals surface area contributed by atoms with Crippen LogP contribution < -0.4 is 10.1 Å². The fourth-order valence-corrected chi connectivity index (χ4v) is 2.92. The molecule has 132 valence electrons. The first-order valence-corrected chi connectivity index (χ1v) is 8.10. The van der Waals surface area contributed by atoms with Crippen molar-refractivity contribution < 1.29 is 13.5 Å². The summed E-state index contributed by atoms with van der Waals surface area (Å²) in [6, 6.07) is 14.5. The molecule has 0 amide bonds. The number of anilines is 1. The lowest BCUT2D eigenvalue weighted by molar-refractivity contribution is -0.0498. The zero-order valence-electron chi connectivity index (χ0n) is 13.9. The van der Waals surface area contributed by atoms with E-state index in [4.69, 9.17) is 0 Å². The highest BCUT2D eigenvalue weighted by atomic mass is 19.3. The average Bonchev–Trinajstić information content (AvgIpc) is 3.10. The van der Waals surface area contributed by atoms with Crippen molar-refractivity contribution in [2.24, 2.45) is 0 Å². The third-order valence-electron chi connectivity index (χ3n) is 4.22. The monoisotopic (exact) mass is 354 g/mol. The molecule has 7 heteroatoms. The molecule has 26 heavy (non-hydrogen) atoms. The van der Waals surface area contributed by atoms with Gasteiger partial charge < -0.3 is 10.1 Å². The van der Waals surface area contributed by atoms with Gasteiger partial charge in [0.15, 0.2) is 0 Å². The highest BCUT2D eigenvalue weighted by Crippen LogP contribution is 2.32. The maximum atomic E-state index is 12.3. The second-order valence-electron chi connectivity index (χ2n) is 5.99. The number of rotatable bonds is 4. The predicted molar refractivity (Wildman–Crippen MR) is 94.0 cm³/mol. The minimum Gasteiger partial charge on any atom is -0.435 e. The molecule has 0 fully saturated rings. The minimum atomic E-state index is -2.84. The van der Waals surface area contributed by atoms with E-state index in [9.17, 15) is 8.78 Å². The topological polar surface area (TPSA) is 52.0 Å². The van der Waals surface area contributed by atoms with E-state index in [0.29, 0.717) is 5.95 Å². The minimum absolute atomic E-state index is 0.124. The zero-order valence-corrected chi connectivity index (χ0v) is 13.9. The average molecular weight is 354 g/mol. The lowest BCUT2D eigenvalue weighted by Crippen LogP contribution is -2.20. The van der Waals surface area contributed by atoms with Gasteiger partial charge in [-0.05, 0) is 36.3 Å². The molecule has 0 unspecified atom stereocenters. The summed E-state index contributed by atoms with van der Waals surface area (Å²) in [6.07, 6.45) is 3.52. The van der Waals surface area contributed by atoms with Crippen molar-refractivity contribution in [2.45, 2.75) is 19.6 Å². The fourth-order valence-electron chi connectivity index (χ4n) is 2.92. The second kappa shape index (κ2) is 6.59. The van der Waals surface area contributed by atoms with Crippen LogP contribution in [-0.2, 0) is 0 Å². The van der Waals surface area contributed by atoms with Crippen LogP contribution in [0.25, 0.3) is 5.70 Å². The normalized spacial score (nSPS) is 16.0. The van der Waals surface area contributed by atoms with Gasteiger partial charge in [-0.2, -0.15) is 18.9 Å². The van der Waals surface area contributed by atoms with Crippen molar-refractivity contribution in [3.63, 3.8) is 0 Å². The molecule has 5 nitrogen and oxygen atoms in total. The molecule has 0 saturated heterocycles. The molecule has 1 N–H and O–H groups in total. The summed E-state index contributed by atoms with van der Waals surface area (Å²) in [6.45, 7) is -0.802. The zero-order chi connectivity index (χ0) is 18.1. The molecule has 1 aromatic heterocycles.